The minimum absolute atomic E-state index is 0.303. The normalized spacial score (nSPS) is 18.0. The van der Waals surface area contributed by atoms with Crippen molar-refractivity contribution in [3.63, 3.8) is 0 Å². The maximum atomic E-state index is 12.5. The van der Waals surface area contributed by atoms with Gasteiger partial charge in [0.25, 0.3) is 0 Å². The van der Waals surface area contributed by atoms with Gasteiger partial charge >= 0.3 is 6.18 Å². The molecule has 8 heteroatoms. The number of nitrogens with zero attached hydrogens (tertiary/aromatic N) is 1. The minimum atomic E-state index is -4.42. The summed E-state index contributed by atoms with van der Waals surface area (Å²) in [6.45, 7) is 6.60. The van der Waals surface area contributed by atoms with Crippen molar-refractivity contribution >= 4 is 10.0 Å². The van der Waals surface area contributed by atoms with Crippen molar-refractivity contribution < 1.29 is 21.6 Å². The molecule has 4 nitrogen and oxygen atoms in total. The Morgan fingerprint density at radius 3 is 2.20 bits per heavy atom. The number of hydrogen-bond donors (Lipinski definition) is 1. The van der Waals surface area contributed by atoms with Crippen molar-refractivity contribution in [2.75, 3.05) is 19.6 Å². The van der Waals surface area contributed by atoms with Crippen LogP contribution in [0.4, 0.5) is 13.2 Å². The largest absolute Gasteiger partial charge is 0.416 e. The molecule has 1 heterocycles. The first-order valence-electron chi connectivity index (χ1n) is 8.44. The number of benzene rings is 1. The van der Waals surface area contributed by atoms with Gasteiger partial charge in [-0.05, 0) is 63.4 Å². The third kappa shape index (κ3) is 6.27. The Morgan fingerprint density at radius 2 is 1.72 bits per heavy atom. The molecule has 0 spiro atoms. The van der Waals surface area contributed by atoms with Gasteiger partial charge < -0.3 is 4.90 Å². The van der Waals surface area contributed by atoms with Crippen LogP contribution in [0.15, 0.2) is 24.3 Å². The van der Waals surface area contributed by atoms with Crippen molar-refractivity contribution in [2.45, 2.75) is 44.7 Å². The lowest BCUT2D eigenvalue weighted by molar-refractivity contribution is -0.137. The predicted octanol–water partition coefficient (Wildman–Crippen LogP) is 3.25. The van der Waals surface area contributed by atoms with Gasteiger partial charge in [-0.25, -0.2) is 13.1 Å². The van der Waals surface area contributed by atoms with E-state index in [1.165, 1.54) is 12.1 Å². The smallest absolute Gasteiger partial charge is 0.301 e. The first-order chi connectivity index (χ1) is 11.6. The summed E-state index contributed by atoms with van der Waals surface area (Å²) in [6.07, 6.45) is -2.53. The van der Waals surface area contributed by atoms with Gasteiger partial charge in [0.05, 0.1) is 11.3 Å². The second-order valence-corrected chi connectivity index (χ2v) is 8.68. The number of likely N-dealkylation sites (tertiary alicyclic amines) is 1. The molecular formula is C17H25F3N2O2S. The van der Waals surface area contributed by atoms with E-state index >= 15 is 0 Å². The van der Waals surface area contributed by atoms with Crippen LogP contribution in [-0.2, 0) is 22.0 Å². The maximum Gasteiger partial charge on any atom is 0.416 e. The monoisotopic (exact) mass is 378 g/mol. The summed E-state index contributed by atoms with van der Waals surface area (Å²) < 4.78 is 64.5. The van der Waals surface area contributed by atoms with Crippen molar-refractivity contribution in [3.8, 4) is 0 Å². The van der Waals surface area contributed by atoms with Crippen molar-refractivity contribution in [1.82, 2.24) is 9.62 Å². The molecule has 0 saturated carbocycles. The van der Waals surface area contributed by atoms with E-state index in [4.69, 9.17) is 0 Å². The van der Waals surface area contributed by atoms with Crippen LogP contribution < -0.4 is 4.72 Å². The lowest BCUT2D eigenvalue weighted by Crippen LogP contribution is -2.41. The number of piperidine rings is 1. The lowest BCUT2D eigenvalue weighted by Gasteiger charge is -2.34. The number of halogens is 3. The van der Waals surface area contributed by atoms with Crippen LogP contribution in [-0.4, -0.2) is 39.0 Å². The number of hydrogen-bond acceptors (Lipinski definition) is 3. The second kappa shape index (κ2) is 8.05. The molecule has 25 heavy (non-hydrogen) atoms. The van der Waals surface area contributed by atoms with E-state index < -0.39 is 21.8 Å². The molecule has 0 amide bonds. The Balaban J connectivity index is 1.84. The number of rotatable bonds is 6. The number of alkyl halides is 3. The Labute approximate surface area is 147 Å². The van der Waals surface area contributed by atoms with Crippen molar-refractivity contribution in [3.05, 3.63) is 35.4 Å². The Morgan fingerprint density at radius 1 is 1.16 bits per heavy atom. The third-order valence-electron chi connectivity index (χ3n) is 4.61. The standard InChI is InChI=1S/C17H25F3N2O2S/c1-13(2)22-9-7-14(8-10-22)11-21-25(23,24)12-15-3-5-16(6-4-15)17(18,19)20/h3-6,13-14,21H,7-12H2,1-2H3. The highest BCUT2D eigenvalue weighted by molar-refractivity contribution is 7.88. The molecule has 1 aromatic carbocycles. The van der Waals surface area contributed by atoms with Gasteiger partial charge in [-0.15, -0.1) is 0 Å². The Kier molecular flexibility index (Phi) is 6.51. The van der Waals surface area contributed by atoms with Crippen LogP contribution in [0.2, 0.25) is 0 Å². The average Bonchev–Trinajstić information content (AvgIpc) is 2.53. The van der Waals surface area contributed by atoms with Gasteiger partial charge in [-0.3, -0.25) is 0 Å². The van der Waals surface area contributed by atoms with E-state index in [9.17, 15) is 21.6 Å². The summed E-state index contributed by atoms with van der Waals surface area (Å²) >= 11 is 0. The molecule has 0 aromatic heterocycles. The summed E-state index contributed by atoms with van der Waals surface area (Å²) in [5.74, 6) is -0.00642. The molecule has 2 rings (SSSR count). The molecular weight excluding hydrogens is 353 g/mol. The van der Waals surface area contributed by atoms with E-state index in [0.29, 0.717) is 24.1 Å². The van der Waals surface area contributed by atoms with Gasteiger partial charge in [0, 0.05) is 12.6 Å². The molecule has 0 bridgehead atoms. The Hall–Kier alpha value is -1.12. The first-order valence-corrected chi connectivity index (χ1v) is 10.1. The average molecular weight is 378 g/mol. The summed E-state index contributed by atoms with van der Waals surface area (Å²) in [5.41, 5.74) is -0.436. The molecule has 0 atom stereocenters. The summed E-state index contributed by atoms with van der Waals surface area (Å²) in [4.78, 5) is 2.37. The molecule has 0 aliphatic carbocycles. The van der Waals surface area contributed by atoms with E-state index in [-0.39, 0.29) is 5.75 Å². The van der Waals surface area contributed by atoms with Crippen molar-refractivity contribution in [1.29, 1.82) is 0 Å². The highest BCUT2D eigenvalue weighted by Gasteiger charge is 2.30. The molecule has 0 radical (unpaired) electrons. The highest BCUT2D eigenvalue weighted by Crippen LogP contribution is 2.29. The van der Waals surface area contributed by atoms with Crippen LogP contribution in [0.3, 0.4) is 0 Å². The van der Waals surface area contributed by atoms with Crippen LogP contribution in [0.5, 0.6) is 0 Å². The second-order valence-electron chi connectivity index (χ2n) is 6.88. The third-order valence-corrected chi connectivity index (χ3v) is 5.93. The maximum absolute atomic E-state index is 12.5. The lowest BCUT2D eigenvalue weighted by atomic mass is 9.96. The molecule has 1 aliphatic heterocycles. The molecule has 1 N–H and O–H groups in total. The fraction of sp³-hybridized carbons (Fsp3) is 0.647. The fourth-order valence-corrected chi connectivity index (χ4v) is 4.20. The summed E-state index contributed by atoms with van der Waals surface area (Å²) in [6, 6.07) is 4.74. The topological polar surface area (TPSA) is 49.4 Å². The summed E-state index contributed by atoms with van der Waals surface area (Å²) in [5, 5.41) is 0. The van der Waals surface area contributed by atoms with E-state index in [1.54, 1.807) is 0 Å². The zero-order valence-corrected chi connectivity index (χ0v) is 15.3. The highest BCUT2D eigenvalue weighted by atomic mass is 32.2. The van der Waals surface area contributed by atoms with Crippen LogP contribution in [0, 0.1) is 5.92 Å². The van der Waals surface area contributed by atoms with Gasteiger partial charge in [0.2, 0.25) is 10.0 Å². The fourth-order valence-electron chi connectivity index (χ4n) is 2.98. The minimum Gasteiger partial charge on any atom is -0.301 e. The zero-order chi connectivity index (χ0) is 18.7. The van der Waals surface area contributed by atoms with Gasteiger partial charge in [0.1, 0.15) is 0 Å². The van der Waals surface area contributed by atoms with Gasteiger partial charge in [-0.2, -0.15) is 13.2 Å². The predicted molar refractivity (Wildman–Crippen MR) is 91.5 cm³/mol. The zero-order valence-electron chi connectivity index (χ0n) is 14.5. The van der Waals surface area contributed by atoms with Crippen LogP contribution >= 0.6 is 0 Å². The van der Waals surface area contributed by atoms with Crippen molar-refractivity contribution in [2.24, 2.45) is 5.92 Å². The first kappa shape index (κ1) is 20.2. The van der Waals surface area contributed by atoms with Gasteiger partial charge in [0.15, 0.2) is 0 Å². The molecule has 142 valence electrons. The molecule has 0 unspecified atom stereocenters. The van der Waals surface area contributed by atoms with E-state index in [2.05, 4.69) is 23.5 Å². The molecule has 1 aromatic rings. The van der Waals surface area contributed by atoms with E-state index in [1.807, 2.05) is 0 Å². The molecule has 1 fully saturated rings. The quantitative estimate of drug-likeness (QED) is 0.827. The van der Waals surface area contributed by atoms with E-state index in [0.717, 1.165) is 38.1 Å². The molecule has 1 aliphatic rings. The molecule has 1 saturated heterocycles. The Bertz CT molecular complexity index is 649. The number of sulfonamides is 1. The van der Waals surface area contributed by atoms with Crippen LogP contribution in [0.1, 0.15) is 37.8 Å². The number of nitrogens with one attached hydrogen (secondary N) is 1. The SMILES string of the molecule is CC(C)N1CCC(CNS(=O)(=O)Cc2ccc(C(F)(F)F)cc2)CC1. The van der Waals surface area contributed by atoms with Gasteiger partial charge in [-0.1, -0.05) is 12.1 Å². The van der Waals surface area contributed by atoms with Crippen LogP contribution in [0.25, 0.3) is 0 Å². The summed E-state index contributed by atoms with van der Waals surface area (Å²) in [7, 11) is -3.56.